The van der Waals surface area contributed by atoms with Crippen molar-refractivity contribution in [3.63, 3.8) is 0 Å². The number of hydrogen-bond acceptors (Lipinski definition) is 4. The van der Waals surface area contributed by atoms with Crippen LogP contribution in [0, 0.1) is 0 Å². The molecule has 22 heavy (non-hydrogen) atoms. The number of amides is 1. The molecule has 118 valence electrons. The molecule has 0 saturated carbocycles. The molecule has 0 radical (unpaired) electrons. The summed E-state index contributed by atoms with van der Waals surface area (Å²) in [5.74, 6) is -0.165. The molecular weight excluding hydrogens is 322 g/mol. The summed E-state index contributed by atoms with van der Waals surface area (Å²) < 4.78 is 10.1. The van der Waals surface area contributed by atoms with E-state index in [2.05, 4.69) is 5.32 Å². The number of rotatable bonds is 8. The second-order valence-corrected chi connectivity index (χ2v) is 5.87. The lowest BCUT2D eigenvalue weighted by molar-refractivity contribution is -0.126. The second-order valence-electron chi connectivity index (χ2n) is 4.65. The van der Waals surface area contributed by atoms with Crippen LogP contribution in [0.15, 0.2) is 41.1 Å². The molecule has 0 aliphatic heterocycles. The molecule has 1 amide bonds. The highest BCUT2D eigenvalue weighted by Gasteiger charge is 2.17. The number of carbonyl (C=O) groups excluding carboxylic acids is 1. The van der Waals surface area contributed by atoms with Crippen molar-refractivity contribution in [2.45, 2.75) is 6.04 Å². The van der Waals surface area contributed by atoms with E-state index in [1.165, 1.54) is 0 Å². The van der Waals surface area contributed by atoms with Crippen molar-refractivity contribution in [1.29, 1.82) is 0 Å². The van der Waals surface area contributed by atoms with Gasteiger partial charge in [-0.1, -0.05) is 23.7 Å². The molecule has 0 saturated heterocycles. The zero-order valence-electron chi connectivity index (χ0n) is 12.3. The van der Waals surface area contributed by atoms with Crippen molar-refractivity contribution < 1.29 is 14.3 Å². The lowest BCUT2D eigenvalue weighted by Gasteiger charge is -2.18. The van der Waals surface area contributed by atoms with Crippen LogP contribution in [0.3, 0.4) is 0 Å². The van der Waals surface area contributed by atoms with Gasteiger partial charge in [0.05, 0.1) is 19.3 Å². The molecular formula is C16H18ClNO3S. The summed E-state index contributed by atoms with van der Waals surface area (Å²) in [4.78, 5) is 12.1. The van der Waals surface area contributed by atoms with Crippen LogP contribution in [0.1, 0.15) is 17.2 Å². The maximum Gasteiger partial charge on any atom is 0.246 e. The molecule has 2 aromatic rings. The van der Waals surface area contributed by atoms with Gasteiger partial charge in [-0.05, 0) is 40.1 Å². The standard InChI is InChI=1S/C16H18ClNO3S/c1-20-7-8-21-10-15(19)18-16(13-6-9-22-11-13)12-2-4-14(17)5-3-12/h2-6,9,11,16H,7-8,10H2,1H3,(H,18,19). The Balaban J connectivity index is 2.03. The maximum absolute atomic E-state index is 12.1. The first kappa shape index (κ1) is 17.0. The molecule has 1 heterocycles. The predicted octanol–water partition coefficient (Wildman–Crippen LogP) is 3.27. The molecule has 1 N–H and O–H groups in total. The molecule has 1 unspecified atom stereocenters. The molecule has 1 aromatic carbocycles. The van der Waals surface area contributed by atoms with Crippen LogP contribution in [0.5, 0.6) is 0 Å². The van der Waals surface area contributed by atoms with E-state index in [4.69, 9.17) is 21.1 Å². The maximum atomic E-state index is 12.1. The fourth-order valence-electron chi connectivity index (χ4n) is 1.96. The monoisotopic (exact) mass is 339 g/mol. The first-order chi connectivity index (χ1) is 10.7. The van der Waals surface area contributed by atoms with Gasteiger partial charge in [0.1, 0.15) is 6.61 Å². The third kappa shape index (κ3) is 5.10. The zero-order chi connectivity index (χ0) is 15.8. The minimum Gasteiger partial charge on any atom is -0.382 e. The third-order valence-corrected chi connectivity index (χ3v) is 4.00. The van der Waals surface area contributed by atoms with E-state index in [0.29, 0.717) is 18.2 Å². The lowest BCUT2D eigenvalue weighted by atomic mass is 10.0. The molecule has 6 heteroatoms. The fourth-order valence-corrected chi connectivity index (χ4v) is 2.78. The largest absolute Gasteiger partial charge is 0.382 e. The average molecular weight is 340 g/mol. The summed E-state index contributed by atoms with van der Waals surface area (Å²) in [6.07, 6.45) is 0. The Morgan fingerprint density at radius 3 is 2.64 bits per heavy atom. The van der Waals surface area contributed by atoms with Gasteiger partial charge in [0.25, 0.3) is 0 Å². The summed E-state index contributed by atoms with van der Waals surface area (Å²) in [7, 11) is 1.59. The van der Waals surface area contributed by atoms with E-state index in [0.717, 1.165) is 11.1 Å². The van der Waals surface area contributed by atoms with Crippen LogP contribution in [-0.4, -0.2) is 32.8 Å². The highest BCUT2D eigenvalue weighted by atomic mass is 35.5. The summed E-state index contributed by atoms with van der Waals surface area (Å²) in [5, 5.41) is 7.66. The Labute approximate surface area is 139 Å². The molecule has 0 bridgehead atoms. The van der Waals surface area contributed by atoms with Crippen LogP contribution in [-0.2, 0) is 14.3 Å². The number of nitrogens with one attached hydrogen (secondary N) is 1. The normalized spacial score (nSPS) is 12.1. The molecule has 2 rings (SSSR count). The van der Waals surface area contributed by atoms with E-state index in [1.807, 2.05) is 41.1 Å². The van der Waals surface area contributed by atoms with Crippen molar-refractivity contribution in [3.05, 3.63) is 57.2 Å². The van der Waals surface area contributed by atoms with Gasteiger partial charge in [-0.2, -0.15) is 11.3 Å². The Hall–Kier alpha value is -1.40. The lowest BCUT2D eigenvalue weighted by Crippen LogP contribution is -2.32. The van der Waals surface area contributed by atoms with Gasteiger partial charge in [-0.3, -0.25) is 4.79 Å². The van der Waals surface area contributed by atoms with Gasteiger partial charge in [0.15, 0.2) is 0 Å². The summed E-state index contributed by atoms with van der Waals surface area (Å²) in [6, 6.07) is 9.25. The molecule has 1 atom stereocenters. The van der Waals surface area contributed by atoms with Gasteiger partial charge in [-0.15, -0.1) is 0 Å². The van der Waals surface area contributed by atoms with Crippen LogP contribution in [0.4, 0.5) is 0 Å². The number of hydrogen-bond donors (Lipinski definition) is 1. The molecule has 0 fully saturated rings. The van der Waals surface area contributed by atoms with Crippen LogP contribution in [0.2, 0.25) is 5.02 Å². The smallest absolute Gasteiger partial charge is 0.246 e. The first-order valence-electron chi connectivity index (χ1n) is 6.84. The van der Waals surface area contributed by atoms with Crippen LogP contribution < -0.4 is 5.32 Å². The molecule has 4 nitrogen and oxygen atoms in total. The minimum absolute atomic E-state index is 0.0115. The van der Waals surface area contributed by atoms with Crippen LogP contribution in [0.25, 0.3) is 0 Å². The highest BCUT2D eigenvalue weighted by Crippen LogP contribution is 2.25. The Morgan fingerprint density at radius 1 is 1.23 bits per heavy atom. The van der Waals surface area contributed by atoms with E-state index in [-0.39, 0.29) is 18.6 Å². The topological polar surface area (TPSA) is 47.6 Å². The average Bonchev–Trinajstić information content (AvgIpc) is 3.04. The van der Waals surface area contributed by atoms with E-state index in [1.54, 1.807) is 18.4 Å². The van der Waals surface area contributed by atoms with Crippen molar-refractivity contribution in [3.8, 4) is 0 Å². The van der Waals surface area contributed by atoms with Gasteiger partial charge >= 0.3 is 0 Å². The zero-order valence-corrected chi connectivity index (χ0v) is 13.8. The van der Waals surface area contributed by atoms with Crippen molar-refractivity contribution in [2.75, 3.05) is 26.9 Å². The summed E-state index contributed by atoms with van der Waals surface area (Å²) in [6.45, 7) is 0.879. The van der Waals surface area contributed by atoms with E-state index >= 15 is 0 Å². The van der Waals surface area contributed by atoms with Gasteiger partial charge in [0.2, 0.25) is 5.91 Å². The second kappa shape index (κ2) is 8.90. The molecule has 0 aliphatic rings. The van der Waals surface area contributed by atoms with Gasteiger partial charge in [-0.25, -0.2) is 0 Å². The van der Waals surface area contributed by atoms with Crippen molar-refractivity contribution >= 4 is 28.8 Å². The van der Waals surface area contributed by atoms with Crippen molar-refractivity contribution in [2.24, 2.45) is 0 Å². The quantitative estimate of drug-likeness (QED) is 0.751. The highest BCUT2D eigenvalue weighted by molar-refractivity contribution is 7.08. The summed E-state index contributed by atoms with van der Waals surface area (Å²) in [5.41, 5.74) is 2.02. The Bertz CT molecular complexity index is 572. The van der Waals surface area contributed by atoms with E-state index in [9.17, 15) is 4.79 Å². The van der Waals surface area contributed by atoms with Gasteiger partial charge < -0.3 is 14.8 Å². The third-order valence-electron chi connectivity index (χ3n) is 3.05. The molecule has 0 spiro atoms. The van der Waals surface area contributed by atoms with Crippen molar-refractivity contribution in [1.82, 2.24) is 5.32 Å². The number of benzene rings is 1. The van der Waals surface area contributed by atoms with Crippen LogP contribution >= 0.6 is 22.9 Å². The van der Waals surface area contributed by atoms with E-state index < -0.39 is 0 Å². The SMILES string of the molecule is COCCOCC(=O)NC(c1ccc(Cl)cc1)c1ccsc1. The number of ether oxygens (including phenoxy) is 2. The molecule has 0 aliphatic carbocycles. The predicted molar refractivity (Wildman–Crippen MR) is 88.5 cm³/mol. The number of carbonyl (C=O) groups is 1. The summed E-state index contributed by atoms with van der Waals surface area (Å²) >= 11 is 7.52. The molecule has 1 aromatic heterocycles. The minimum atomic E-state index is -0.206. The van der Waals surface area contributed by atoms with Gasteiger partial charge in [0, 0.05) is 12.1 Å². The first-order valence-corrected chi connectivity index (χ1v) is 8.16. The fraction of sp³-hybridized carbons (Fsp3) is 0.312. The Kier molecular flexibility index (Phi) is 6.86. The Morgan fingerprint density at radius 2 is 2.00 bits per heavy atom. The number of thiophene rings is 1. The number of halogens is 1. The number of methoxy groups -OCH3 is 1.